The summed E-state index contributed by atoms with van der Waals surface area (Å²) in [6.45, 7) is 2.24. The van der Waals surface area contributed by atoms with Gasteiger partial charge in [0.2, 0.25) is 0 Å². The van der Waals surface area contributed by atoms with E-state index in [1.54, 1.807) is 0 Å². The number of carbonyl (C=O) groups is 2. The molecule has 4 nitrogen and oxygen atoms in total. The first-order valence-corrected chi connectivity index (χ1v) is 9.64. The Bertz CT molecular complexity index is 350. The summed E-state index contributed by atoms with van der Waals surface area (Å²) in [5.74, 6) is -0.619. The SMILES string of the molecule is CCC(CC/C=C/CCCCCCC(=O)O)CCCCCC(=O)O. The van der Waals surface area contributed by atoms with Gasteiger partial charge in [-0.3, -0.25) is 9.59 Å². The molecule has 0 fully saturated rings. The van der Waals surface area contributed by atoms with Crippen molar-refractivity contribution in [1.29, 1.82) is 0 Å². The molecule has 1 atom stereocenters. The second-order valence-electron chi connectivity index (χ2n) is 6.66. The largest absolute Gasteiger partial charge is 0.481 e. The minimum absolute atomic E-state index is 0.296. The van der Waals surface area contributed by atoms with Crippen molar-refractivity contribution in [1.82, 2.24) is 0 Å². The Morgan fingerprint density at radius 2 is 1.29 bits per heavy atom. The summed E-state index contributed by atoms with van der Waals surface area (Å²) in [6, 6.07) is 0. The van der Waals surface area contributed by atoms with Gasteiger partial charge in [0.15, 0.2) is 0 Å². The van der Waals surface area contributed by atoms with Gasteiger partial charge in [0.05, 0.1) is 0 Å². The maximum atomic E-state index is 10.4. The molecule has 0 aromatic heterocycles. The van der Waals surface area contributed by atoms with Crippen LogP contribution in [-0.4, -0.2) is 22.2 Å². The van der Waals surface area contributed by atoms with Gasteiger partial charge in [0.25, 0.3) is 0 Å². The van der Waals surface area contributed by atoms with Crippen molar-refractivity contribution in [3.63, 3.8) is 0 Å². The summed E-state index contributed by atoms with van der Waals surface area (Å²) in [5.41, 5.74) is 0. The molecule has 140 valence electrons. The lowest BCUT2D eigenvalue weighted by molar-refractivity contribution is -0.138. The van der Waals surface area contributed by atoms with Crippen molar-refractivity contribution in [2.24, 2.45) is 5.92 Å². The van der Waals surface area contributed by atoms with Crippen LogP contribution in [0.4, 0.5) is 0 Å². The van der Waals surface area contributed by atoms with Gasteiger partial charge in [-0.2, -0.15) is 0 Å². The molecule has 0 aromatic carbocycles. The highest BCUT2D eigenvalue weighted by atomic mass is 16.4. The summed E-state index contributed by atoms with van der Waals surface area (Å²) in [5, 5.41) is 17.2. The summed E-state index contributed by atoms with van der Waals surface area (Å²) in [4.78, 5) is 20.8. The zero-order chi connectivity index (χ0) is 18.0. The molecule has 0 saturated heterocycles. The molecule has 0 aromatic rings. The smallest absolute Gasteiger partial charge is 0.303 e. The lowest BCUT2D eigenvalue weighted by Crippen LogP contribution is -1.99. The normalized spacial score (nSPS) is 12.5. The second-order valence-corrected chi connectivity index (χ2v) is 6.66. The van der Waals surface area contributed by atoms with Gasteiger partial charge in [0.1, 0.15) is 0 Å². The highest BCUT2D eigenvalue weighted by molar-refractivity contribution is 5.66. The third-order valence-electron chi connectivity index (χ3n) is 4.50. The molecule has 1 unspecified atom stereocenters. The molecule has 0 spiro atoms. The van der Waals surface area contributed by atoms with E-state index in [1.165, 1.54) is 19.3 Å². The molecule has 0 rings (SSSR count). The van der Waals surface area contributed by atoms with E-state index in [1.807, 2.05) is 0 Å². The number of carboxylic acids is 2. The van der Waals surface area contributed by atoms with E-state index in [0.29, 0.717) is 12.8 Å². The van der Waals surface area contributed by atoms with Crippen LogP contribution in [-0.2, 0) is 9.59 Å². The highest BCUT2D eigenvalue weighted by Crippen LogP contribution is 2.19. The number of carboxylic acid groups (broad SMARTS) is 2. The van der Waals surface area contributed by atoms with Crippen molar-refractivity contribution < 1.29 is 19.8 Å². The molecular weight excluding hydrogens is 304 g/mol. The quantitative estimate of drug-likeness (QED) is 0.259. The Balaban J connectivity index is 3.47. The zero-order valence-corrected chi connectivity index (χ0v) is 15.3. The van der Waals surface area contributed by atoms with Crippen molar-refractivity contribution in [3.05, 3.63) is 12.2 Å². The standard InChI is InChI=1S/C20H36O4/c1-2-18(15-11-9-13-17-20(23)24)14-10-7-5-3-4-6-8-12-16-19(21)22/h5,7,18H,2-4,6,8-17H2,1H3,(H,21,22)(H,23,24)/b7-5+. The van der Waals surface area contributed by atoms with E-state index in [4.69, 9.17) is 10.2 Å². The number of hydrogen-bond acceptors (Lipinski definition) is 2. The second kappa shape index (κ2) is 16.5. The van der Waals surface area contributed by atoms with E-state index < -0.39 is 11.9 Å². The number of allylic oxidation sites excluding steroid dienone is 2. The van der Waals surface area contributed by atoms with Crippen molar-refractivity contribution in [3.8, 4) is 0 Å². The van der Waals surface area contributed by atoms with Crippen molar-refractivity contribution >= 4 is 11.9 Å². The minimum atomic E-state index is -0.692. The third-order valence-corrected chi connectivity index (χ3v) is 4.50. The van der Waals surface area contributed by atoms with Crippen LogP contribution in [0.5, 0.6) is 0 Å². The van der Waals surface area contributed by atoms with Gasteiger partial charge in [-0.1, -0.05) is 57.6 Å². The molecule has 0 aliphatic heterocycles. The van der Waals surface area contributed by atoms with E-state index in [0.717, 1.165) is 63.7 Å². The summed E-state index contributed by atoms with van der Waals surface area (Å²) >= 11 is 0. The Kier molecular flexibility index (Phi) is 15.6. The molecule has 0 amide bonds. The van der Waals surface area contributed by atoms with Crippen LogP contribution in [0.15, 0.2) is 12.2 Å². The van der Waals surface area contributed by atoms with Gasteiger partial charge < -0.3 is 10.2 Å². The van der Waals surface area contributed by atoms with Crippen LogP contribution >= 0.6 is 0 Å². The number of aliphatic carboxylic acids is 2. The fourth-order valence-electron chi connectivity index (χ4n) is 2.90. The van der Waals surface area contributed by atoms with E-state index in [-0.39, 0.29) is 0 Å². The van der Waals surface area contributed by atoms with Crippen molar-refractivity contribution in [2.75, 3.05) is 0 Å². The van der Waals surface area contributed by atoms with Crippen LogP contribution in [0.1, 0.15) is 96.8 Å². The van der Waals surface area contributed by atoms with E-state index in [9.17, 15) is 9.59 Å². The fraction of sp³-hybridized carbons (Fsp3) is 0.800. The highest BCUT2D eigenvalue weighted by Gasteiger charge is 2.05. The Morgan fingerprint density at radius 3 is 1.88 bits per heavy atom. The molecule has 0 aliphatic carbocycles. The average Bonchev–Trinajstić information content (AvgIpc) is 2.53. The predicted octanol–water partition coefficient (Wildman–Crippen LogP) is 5.81. The topological polar surface area (TPSA) is 74.6 Å². The first-order valence-electron chi connectivity index (χ1n) is 9.64. The first-order chi connectivity index (χ1) is 11.6. The molecule has 24 heavy (non-hydrogen) atoms. The lowest BCUT2D eigenvalue weighted by Gasteiger charge is -2.13. The molecule has 0 saturated carbocycles. The monoisotopic (exact) mass is 340 g/mol. The van der Waals surface area contributed by atoms with Crippen molar-refractivity contribution in [2.45, 2.75) is 96.8 Å². The van der Waals surface area contributed by atoms with Gasteiger partial charge in [-0.25, -0.2) is 0 Å². The molecular formula is C20H36O4. The summed E-state index contributed by atoms with van der Waals surface area (Å²) in [7, 11) is 0. The van der Waals surface area contributed by atoms with Crippen LogP contribution in [0.25, 0.3) is 0 Å². The molecule has 4 heteroatoms. The molecule has 2 N–H and O–H groups in total. The van der Waals surface area contributed by atoms with Gasteiger partial charge >= 0.3 is 11.9 Å². The van der Waals surface area contributed by atoms with Gasteiger partial charge in [0, 0.05) is 12.8 Å². The number of hydrogen-bond donors (Lipinski definition) is 2. The minimum Gasteiger partial charge on any atom is -0.481 e. The van der Waals surface area contributed by atoms with Crippen LogP contribution < -0.4 is 0 Å². The third kappa shape index (κ3) is 17.0. The Hall–Kier alpha value is -1.32. The zero-order valence-electron chi connectivity index (χ0n) is 15.3. The van der Waals surface area contributed by atoms with Crippen LogP contribution in [0, 0.1) is 5.92 Å². The lowest BCUT2D eigenvalue weighted by atomic mass is 9.93. The van der Waals surface area contributed by atoms with Gasteiger partial charge in [-0.15, -0.1) is 0 Å². The Morgan fingerprint density at radius 1 is 0.750 bits per heavy atom. The van der Waals surface area contributed by atoms with Gasteiger partial charge in [-0.05, 0) is 44.4 Å². The first kappa shape index (κ1) is 22.7. The summed E-state index contributed by atoms with van der Waals surface area (Å²) in [6.07, 6.45) is 18.1. The predicted molar refractivity (Wildman–Crippen MR) is 98.2 cm³/mol. The maximum Gasteiger partial charge on any atom is 0.303 e. The summed E-state index contributed by atoms with van der Waals surface area (Å²) < 4.78 is 0. The van der Waals surface area contributed by atoms with E-state index in [2.05, 4.69) is 19.1 Å². The number of unbranched alkanes of at least 4 members (excludes halogenated alkanes) is 6. The van der Waals surface area contributed by atoms with Crippen LogP contribution in [0.2, 0.25) is 0 Å². The fourth-order valence-corrected chi connectivity index (χ4v) is 2.90. The average molecular weight is 341 g/mol. The molecule has 0 aliphatic rings. The molecule has 0 radical (unpaired) electrons. The number of rotatable bonds is 17. The van der Waals surface area contributed by atoms with Crippen LogP contribution in [0.3, 0.4) is 0 Å². The molecule has 0 bridgehead atoms. The van der Waals surface area contributed by atoms with E-state index >= 15 is 0 Å². The Labute approximate surface area is 147 Å². The molecule has 0 heterocycles. The maximum absolute atomic E-state index is 10.4.